The molecular formula is C63H55F10N7O6. The largest absolute Gasteiger partial charge is 0.573 e. The Labute approximate surface area is 486 Å². The van der Waals surface area contributed by atoms with Crippen molar-refractivity contribution in [3.8, 4) is 34.1 Å². The molecule has 0 unspecified atom stereocenters. The molecule has 2 amide bonds. The highest BCUT2D eigenvalue weighted by molar-refractivity contribution is 6.14. The number of nitrogens with one attached hydrogen (secondary N) is 2. The molecule has 0 radical (unpaired) electrons. The van der Waals surface area contributed by atoms with Crippen LogP contribution in [-0.4, -0.2) is 90.8 Å². The molecule has 6 heterocycles. The van der Waals surface area contributed by atoms with Crippen LogP contribution in [0.5, 0.6) is 11.5 Å². The number of hydrogen-bond acceptors (Lipinski definition) is 11. The molecule has 0 bridgehead atoms. The number of furan rings is 2. The van der Waals surface area contributed by atoms with Gasteiger partial charge in [-0.1, -0.05) is 24.3 Å². The number of benzene rings is 6. The molecule has 23 heteroatoms. The van der Waals surface area contributed by atoms with Gasteiger partial charge in [-0.25, -0.2) is 17.6 Å². The molecule has 2 spiro atoms. The second-order valence-corrected chi connectivity index (χ2v) is 21.7. The van der Waals surface area contributed by atoms with Crippen LogP contribution in [0.15, 0.2) is 161 Å². The van der Waals surface area contributed by atoms with E-state index in [0.29, 0.717) is 128 Å². The first kappa shape index (κ1) is 59.0. The third kappa shape index (κ3) is 12.9. The van der Waals surface area contributed by atoms with Gasteiger partial charge in [0.25, 0.3) is 11.8 Å². The van der Waals surface area contributed by atoms with Crippen LogP contribution in [0.4, 0.5) is 66.7 Å². The second-order valence-electron chi connectivity index (χ2n) is 21.7. The fourth-order valence-corrected chi connectivity index (χ4v) is 11.6. The summed E-state index contributed by atoms with van der Waals surface area (Å²) in [5.41, 5.74) is 3.86. The van der Waals surface area contributed by atoms with Gasteiger partial charge >= 0.3 is 12.7 Å². The Hall–Kier alpha value is -8.80. The standard InChI is InChI=1S/C33H31F5N4O3.C30H24F5N3O3/c1-40(2)20-25-9-12-30(44-25)22-4-10-26-29(18-22)39-32(13-15-41(16-14-32)19-21-3-11-27(34)28(35)17-21)42(31(26)43)23-5-7-24(8-6-23)45-33(36,37)38;31-24-10-3-19(16-25(24)32)18-37-13-11-29(12-14-37)36-26-17-20(27-2-1-15-40-27)4-9-23(26)28(39)38(29)21-5-7-22(8-6-21)41-30(33,34)35/h3-12,17-18,39H,13-16,19-20H2,1-2H3;1-10,15-17,36H,11-14,18H2. The fourth-order valence-electron chi connectivity index (χ4n) is 11.6. The monoisotopic (exact) mass is 1200 g/mol. The zero-order valence-corrected chi connectivity index (χ0v) is 46.2. The smallest absolute Gasteiger partial charge is 0.464 e. The number of fused-ring (bicyclic) bond motifs is 2. The molecule has 4 aliphatic rings. The van der Waals surface area contributed by atoms with Crippen LogP contribution in [0.1, 0.15) is 63.3 Å². The summed E-state index contributed by atoms with van der Waals surface area (Å²) in [6.07, 6.45) is -6.33. The lowest BCUT2D eigenvalue weighted by Gasteiger charge is -2.52. The van der Waals surface area contributed by atoms with Gasteiger partial charge in [0, 0.05) is 98.8 Å². The summed E-state index contributed by atoms with van der Waals surface area (Å²) >= 11 is 0. The van der Waals surface area contributed by atoms with E-state index in [0.717, 1.165) is 29.0 Å². The summed E-state index contributed by atoms with van der Waals surface area (Å²) in [6.45, 7) is 3.45. The van der Waals surface area contributed by atoms with E-state index in [4.69, 9.17) is 8.83 Å². The number of nitrogens with zero attached hydrogens (tertiary/aromatic N) is 5. The maximum Gasteiger partial charge on any atom is 0.573 e. The molecule has 2 N–H and O–H groups in total. The molecule has 0 saturated carbocycles. The van der Waals surface area contributed by atoms with E-state index in [-0.39, 0.29) is 11.8 Å². The number of rotatable bonds is 12. The summed E-state index contributed by atoms with van der Waals surface area (Å²) in [7, 11) is 3.89. The number of carbonyl (C=O) groups is 2. The van der Waals surface area contributed by atoms with Gasteiger partial charge in [-0.05, 0) is 147 Å². The molecule has 8 aromatic rings. The highest BCUT2D eigenvalue weighted by atomic mass is 19.4. The van der Waals surface area contributed by atoms with Crippen molar-refractivity contribution in [3.05, 3.63) is 203 Å². The molecule has 86 heavy (non-hydrogen) atoms. The van der Waals surface area contributed by atoms with Crippen molar-refractivity contribution in [3.63, 3.8) is 0 Å². The number of halogens is 10. The van der Waals surface area contributed by atoms with Gasteiger partial charge in [0.15, 0.2) is 23.3 Å². The normalized spacial score (nSPS) is 16.8. The number of amides is 2. The quantitative estimate of drug-likeness (QED) is 0.114. The molecule has 0 aliphatic carbocycles. The number of ether oxygens (including phenoxy) is 2. The number of piperidine rings is 2. The first-order valence-corrected chi connectivity index (χ1v) is 27.3. The Morgan fingerprint density at radius 1 is 0.523 bits per heavy atom. The second kappa shape index (κ2) is 23.6. The maximum atomic E-state index is 14.2. The molecule has 0 atom stereocenters. The lowest BCUT2D eigenvalue weighted by atomic mass is 9.88. The van der Waals surface area contributed by atoms with Crippen molar-refractivity contribution in [2.24, 2.45) is 0 Å². The number of hydrogen-bond donors (Lipinski definition) is 2. The summed E-state index contributed by atoms with van der Waals surface area (Å²) in [6, 6.07) is 36.2. The van der Waals surface area contributed by atoms with Crippen molar-refractivity contribution in [2.45, 2.75) is 69.4 Å². The van der Waals surface area contributed by atoms with Crippen molar-refractivity contribution in [2.75, 3.05) is 60.7 Å². The molecule has 6 aromatic carbocycles. The first-order chi connectivity index (χ1) is 41.0. The van der Waals surface area contributed by atoms with Crippen molar-refractivity contribution in [1.82, 2.24) is 14.7 Å². The van der Waals surface area contributed by atoms with Gasteiger partial charge < -0.3 is 33.8 Å². The average Bonchev–Trinajstić information content (AvgIpc) is 1.55. The summed E-state index contributed by atoms with van der Waals surface area (Å²) < 4.78 is 151. The Balaban J connectivity index is 0.000000179. The molecule has 2 fully saturated rings. The Morgan fingerprint density at radius 3 is 1.36 bits per heavy atom. The summed E-state index contributed by atoms with van der Waals surface area (Å²) in [5, 5.41) is 7.17. The minimum atomic E-state index is -4.84. The van der Waals surface area contributed by atoms with Crippen LogP contribution in [0.3, 0.4) is 0 Å². The van der Waals surface area contributed by atoms with Crippen LogP contribution in [0, 0.1) is 23.3 Å². The number of anilines is 4. The van der Waals surface area contributed by atoms with Gasteiger partial charge in [-0.15, -0.1) is 26.3 Å². The Morgan fingerprint density at radius 2 is 0.965 bits per heavy atom. The van der Waals surface area contributed by atoms with E-state index in [9.17, 15) is 53.5 Å². The number of alkyl halides is 6. The fraction of sp³-hybridized carbons (Fsp3) is 0.270. The third-order valence-electron chi connectivity index (χ3n) is 15.5. The molecule has 4 aliphatic heterocycles. The summed E-state index contributed by atoms with van der Waals surface area (Å²) in [4.78, 5) is 37.5. The highest BCUT2D eigenvalue weighted by Gasteiger charge is 2.49. The minimum Gasteiger partial charge on any atom is -0.464 e. The zero-order valence-electron chi connectivity index (χ0n) is 46.2. The van der Waals surface area contributed by atoms with E-state index >= 15 is 0 Å². The molecule has 12 rings (SSSR count). The van der Waals surface area contributed by atoms with E-state index in [1.807, 2.05) is 49.3 Å². The zero-order chi connectivity index (χ0) is 60.7. The average molecular weight is 1200 g/mol. The van der Waals surface area contributed by atoms with Gasteiger partial charge in [0.2, 0.25) is 0 Å². The predicted molar refractivity (Wildman–Crippen MR) is 300 cm³/mol. The SMILES string of the molecule is CN(C)Cc1ccc(-c2ccc3c(c2)NC2(CCN(Cc4ccc(F)c(F)c4)CC2)N(c2ccc(OC(F)(F)F)cc2)C3=O)o1.O=C1c2ccc(-c3ccco3)cc2NC2(CCN(Cc3ccc(F)c(F)c3)CC2)N1c1ccc(OC(F)(F)F)cc1. The highest BCUT2D eigenvalue weighted by Crippen LogP contribution is 2.45. The summed E-state index contributed by atoms with van der Waals surface area (Å²) in [5.74, 6) is -2.95. The van der Waals surface area contributed by atoms with Gasteiger partial charge in [-0.3, -0.25) is 29.2 Å². The minimum absolute atomic E-state index is 0.303. The molecule has 2 saturated heterocycles. The lowest BCUT2D eigenvalue weighted by molar-refractivity contribution is -0.275. The molecule has 2 aromatic heterocycles. The van der Waals surface area contributed by atoms with Crippen LogP contribution >= 0.6 is 0 Å². The van der Waals surface area contributed by atoms with Crippen LogP contribution in [-0.2, 0) is 19.6 Å². The van der Waals surface area contributed by atoms with E-state index in [2.05, 4.69) is 29.9 Å². The van der Waals surface area contributed by atoms with E-state index in [1.54, 1.807) is 52.5 Å². The molecule has 448 valence electrons. The number of likely N-dealkylation sites (tertiary alicyclic amines) is 2. The van der Waals surface area contributed by atoms with Crippen molar-refractivity contribution < 1.29 is 71.8 Å². The topological polar surface area (TPSA) is 119 Å². The van der Waals surface area contributed by atoms with Crippen LogP contribution in [0.2, 0.25) is 0 Å². The van der Waals surface area contributed by atoms with Crippen LogP contribution in [0.25, 0.3) is 22.6 Å². The third-order valence-corrected chi connectivity index (χ3v) is 15.5. The van der Waals surface area contributed by atoms with Crippen LogP contribution < -0.4 is 29.9 Å². The van der Waals surface area contributed by atoms with Gasteiger partial charge in [-0.2, -0.15) is 0 Å². The molecule has 13 nitrogen and oxygen atoms in total. The predicted octanol–water partition coefficient (Wildman–Crippen LogP) is 14.4. The first-order valence-electron chi connectivity index (χ1n) is 27.3. The van der Waals surface area contributed by atoms with E-state index in [1.165, 1.54) is 66.7 Å². The lowest BCUT2D eigenvalue weighted by Crippen LogP contribution is -2.64. The maximum absolute atomic E-state index is 14.2. The Kier molecular flexibility index (Phi) is 16.2. The van der Waals surface area contributed by atoms with E-state index < -0.39 is 58.8 Å². The van der Waals surface area contributed by atoms with Crippen molar-refractivity contribution >= 4 is 34.6 Å². The van der Waals surface area contributed by atoms with Gasteiger partial charge in [0.05, 0.1) is 23.9 Å². The Bertz CT molecular complexity index is 3750. The number of carbonyl (C=O) groups excluding carboxylic acids is 2. The van der Waals surface area contributed by atoms with Crippen molar-refractivity contribution in [1.29, 1.82) is 0 Å². The molecular weight excluding hydrogens is 1140 g/mol. The van der Waals surface area contributed by atoms with Gasteiger partial charge in [0.1, 0.15) is 40.1 Å².